The van der Waals surface area contributed by atoms with E-state index in [1.54, 1.807) is 11.8 Å². The molecule has 2 aliphatic rings. The Morgan fingerprint density at radius 2 is 1.90 bits per heavy atom. The van der Waals surface area contributed by atoms with Crippen molar-refractivity contribution in [1.29, 1.82) is 0 Å². The van der Waals surface area contributed by atoms with Gasteiger partial charge in [-0.3, -0.25) is 14.5 Å². The third kappa shape index (κ3) is 4.17. The Hall–Kier alpha value is -2.74. The SMILES string of the molecule is Cc1noc(CN2CCN(C(=O)[C@H]3CCC(=O)N(C)[C@H]3c3ccccc3)CC2)n1. The van der Waals surface area contributed by atoms with Crippen LogP contribution >= 0.6 is 0 Å². The van der Waals surface area contributed by atoms with E-state index in [1.807, 2.05) is 42.3 Å². The standard InChI is InChI=1S/C21H27N5O3/c1-15-22-18(29-23-15)14-25-10-12-26(13-11-25)21(28)17-8-9-19(27)24(2)20(17)16-6-4-3-5-7-16/h3-7,17,20H,8-14H2,1-2H3/t17-,20-/m0/s1. The van der Waals surface area contributed by atoms with Gasteiger partial charge in [-0.15, -0.1) is 0 Å². The molecule has 0 bridgehead atoms. The molecule has 3 heterocycles. The zero-order valence-electron chi connectivity index (χ0n) is 17.0. The average molecular weight is 397 g/mol. The zero-order valence-corrected chi connectivity index (χ0v) is 17.0. The molecule has 154 valence electrons. The van der Waals surface area contributed by atoms with Crippen LogP contribution in [0.15, 0.2) is 34.9 Å². The van der Waals surface area contributed by atoms with Crippen molar-refractivity contribution in [2.45, 2.75) is 32.4 Å². The van der Waals surface area contributed by atoms with Gasteiger partial charge in [-0.25, -0.2) is 0 Å². The first-order valence-corrected chi connectivity index (χ1v) is 10.1. The molecule has 29 heavy (non-hydrogen) atoms. The van der Waals surface area contributed by atoms with E-state index in [9.17, 15) is 9.59 Å². The van der Waals surface area contributed by atoms with Crippen LogP contribution in [-0.2, 0) is 16.1 Å². The fraction of sp³-hybridized carbons (Fsp3) is 0.524. The molecule has 4 rings (SSSR count). The van der Waals surface area contributed by atoms with Gasteiger partial charge in [-0.05, 0) is 18.9 Å². The predicted molar refractivity (Wildman–Crippen MR) is 106 cm³/mol. The van der Waals surface area contributed by atoms with Gasteiger partial charge >= 0.3 is 0 Å². The van der Waals surface area contributed by atoms with E-state index in [-0.39, 0.29) is 23.8 Å². The molecule has 0 spiro atoms. The summed E-state index contributed by atoms with van der Waals surface area (Å²) in [5.74, 6) is 1.29. The lowest BCUT2D eigenvalue weighted by Gasteiger charge is -2.42. The van der Waals surface area contributed by atoms with Gasteiger partial charge in [0.25, 0.3) is 0 Å². The van der Waals surface area contributed by atoms with Crippen LogP contribution in [0.4, 0.5) is 0 Å². The molecule has 0 radical (unpaired) electrons. The molecule has 2 fully saturated rings. The first kappa shape index (κ1) is 19.6. The molecular formula is C21H27N5O3. The third-order valence-corrected chi connectivity index (χ3v) is 5.93. The number of amides is 2. The van der Waals surface area contributed by atoms with E-state index >= 15 is 0 Å². The van der Waals surface area contributed by atoms with Gasteiger partial charge in [0, 0.05) is 39.6 Å². The van der Waals surface area contributed by atoms with E-state index < -0.39 is 0 Å². The van der Waals surface area contributed by atoms with Gasteiger partial charge in [-0.2, -0.15) is 4.98 Å². The lowest BCUT2D eigenvalue weighted by molar-refractivity contribution is -0.147. The number of carbonyl (C=O) groups is 2. The predicted octanol–water partition coefficient (Wildman–Crippen LogP) is 1.63. The normalized spacial score (nSPS) is 23.4. The summed E-state index contributed by atoms with van der Waals surface area (Å²) >= 11 is 0. The second kappa shape index (κ2) is 8.32. The number of piperazine rings is 1. The fourth-order valence-corrected chi connectivity index (χ4v) is 4.36. The molecule has 0 N–H and O–H groups in total. The lowest BCUT2D eigenvalue weighted by Crippen LogP contribution is -2.53. The average Bonchev–Trinajstić information content (AvgIpc) is 3.15. The molecule has 2 atom stereocenters. The van der Waals surface area contributed by atoms with Gasteiger partial charge < -0.3 is 14.3 Å². The van der Waals surface area contributed by atoms with Crippen molar-refractivity contribution in [2.24, 2.45) is 5.92 Å². The lowest BCUT2D eigenvalue weighted by atomic mass is 9.83. The molecule has 1 aromatic heterocycles. The Morgan fingerprint density at radius 1 is 1.17 bits per heavy atom. The molecule has 0 aliphatic carbocycles. The highest BCUT2D eigenvalue weighted by atomic mass is 16.5. The summed E-state index contributed by atoms with van der Waals surface area (Å²) in [5, 5.41) is 3.83. The number of hydrogen-bond acceptors (Lipinski definition) is 6. The highest BCUT2D eigenvalue weighted by molar-refractivity contribution is 5.85. The van der Waals surface area contributed by atoms with E-state index in [0.717, 1.165) is 18.7 Å². The Labute approximate surface area is 170 Å². The summed E-state index contributed by atoms with van der Waals surface area (Å²) < 4.78 is 5.20. The van der Waals surface area contributed by atoms with Crippen molar-refractivity contribution < 1.29 is 14.1 Å². The van der Waals surface area contributed by atoms with Crippen LogP contribution in [0, 0.1) is 12.8 Å². The number of carbonyl (C=O) groups excluding carboxylic acids is 2. The van der Waals surface area contributed by atoms with E-state index in [4.69, 9.17) is 4.52 Å². The summed E-state index contributed by atoms with van der Waals surface area (Å²) in [5.41, 5.74) is 1.02. The number of aromatic nitrogens is 2. The molecule has 1 aromatic carbocycles. The van der Waals surface area contributed by atoms with Crippen LogP contribution in [0.25, 0.3) is 0 Å². The van der Waals surface area contributed by atoms with Crippen molar-refractivity contribution in [1.82, 2.24) is 24.8 Å². The fourth-order valence-electron chi connectivity index (χ4n) is 4.36. The minimum Gasteiger partial charge on any atom is -0.340 e. The van der Waals surface area contributed by atoms with Crippen molar-refractivity contribution >= 4 is 11.8 Å². The van der Waals surface area contributed by atoms with E-state index in [0.29, 0.717) is 44.2 Å². The molecule has 0 unspecified atom stereocenters. The van der Waals surface area contributed by atoms with Crippen molar-refractivity contribution in [3.05, 3.63) is 47.6 Å². The summed E-state index contributed by atoms with van der Waals surface area (Å²) in [7, 11) is 1.81. The Balaban J connectivity index is 1.42. The van der Waals surface area contributed by atoms with Crippen LogP contribution in [0.2, 0.25) is 0 Å². The maximum absolute atomic E-state index is 13.4. The monoisotopic (exact) mass is 397 g/mol. The summed E-state index contributed by atoms with van der Waals surface area (Å²) in [6.45, 7) is 5.29. The summed E-state index contributed by atoms with van der Waals surface area (Å²) in [6, 6.07) is 9.68. The molecule has 2 aliphatic heterocycles. The number of piperidine rings is 1. The number of hydrogen-bond donors (Lipinski definition) is 0. The van der Waals surface area contributed by atoms with Crippen molar-refractivity contribution in [3.8, 4) is 0 Å². The highest BCUT2D eigenvalue weighted by Gasteiger charge is 2.41. The molecule has 8 nitrogen and oxygen atoms in total. The largest absolute Gasteiger partial charge is 0.340 e. The van der Waals surface area contributed by atoms with Crippen LogP contribution in [-0.4, -0.2) is 69.9 Å². The maximum Gasteiger partial charge on any atom is 0.240 e. The summed E-state index contributed by atoms with van der Waals surface area (Å²) in [6.07, 6.45) is 1.02. The quantitative estimate of drug-likeness (QED) is 0.780. The third-order valence-electron chi connectivity index (χ3n) is 5.93. The first-order valence-electron chi connectivity index (χ1n) is 10.1. The molecule has 8 heteroatoms. The van der Waals surface area contributed by atoms with E-state index in [1.165, 1.54) is 0 Å². The van der Waals surface area contributed by atoms with Crippen molar-refractivity contribution in [2.75, 3.05) is 33.2 Å². The molecular weight excluding hydrogens is 370 g/mol. The topological polar surface area (TPSA) is 82.8 Å². The maximum atomic E-state index is 13.4. The minimum atomic E-state index is -0.204. The van der Waals surface area contributed by atoms with Crippen LogP contribution in [0.5, 0.6) is 0 Å². The summed E-state index contributed by atoms with van der Waals surface area (Å²) in [4.78, 5) is 35.9. The molecule has 2 saturated heterocycles. The second-order valence-electron chi connectivity index (χ2n) is 7.84. The van der Waals surface area contributed by atoms with Crippen LogP contribution in [0.1, 0.15) is 36.2 Å². The number of rotatable bonds is 4. The minimum absolute atomic E-state index is 0.0996. The molecule has 2 aromatic rings. The van der Waals surface area contributed by atoms with Crippen LogP contribution < -0.4 is 0 Å². The number of nitrogens with zero attached hydrogens (tertiary/aromatic N) is 5. The van der Waals surface area contributed by atoms with Crippen molar-refractivity contribution in [3.63, 3.8) is 0 Å². The van der Waals surface area contributed by atoms with Gasteiger partial charge in [0.05, 0.1) is 18.5 Å². The Kier molecular flexibility index (Phi) is 5.62. The van der Waals surface area contributed by atoms with E-state index in [2.05, 4.69) is 15.0 Å². The second-order valence-corrected chi connectivity index (χ2v) is 7.84. The molecule has 2 amide bonds. The highest BCUT2D eigenvalue weighted by Crippen LogP contribution is 2.37. The number of likely N-dealkylation sites (tertiary alicyclic amines) is 1. The van der Waals surface area contributed by atoms with Gasteiger partial charge in [0.2, 0.25) is 17.7 Å². The zero-order chi connectivity index (χ0) is 20.4. The van der Waals surface area contributed by atoms with Crippen LogP contribution in [0.3, 0.4) is 0 Å². The number of aryl methyl sites for hydroxylation is 1. The van der Waals surface area contributed by atoms with Gasteiger partial charge in [0.15, 0.2) is 5.82 Å². The van der Waals surface area contributed by atoms with Gasteiger partial charge in [-0.1, -0.05) is 35.5 Å². The molecule has 0 saturated carbocycles. The Morgan fingerprint density at radius 3 is 2.55 bits per heavy atom. The number of benzene rings is 1. The first-order chi connectivity index (χ1) is 14.0. The smallest absolute Gasteiger partial charge is 0.240 e. The van der Waals surface area contributed by atoms with Gasteiger partial charge in [0.1, 0.15) is 0 Å². The Bertz CT molecular complexity index is 860.